The molecule has 0 spiro atoms. The Hall–Kier alpha value is -2.30. The lowest BCUT2D eigenvalue weighted by molar-refractivity contribution is -0.141. The number of aliphatic carboxylic acids is 1. The van der Waals surface area contributed by atoms with Crippen LogP contribution in [0, 0.1) is 0 Å². The summed E-state index contributed by atoms with van der Waals surface area (Å²) in [6.07, 6.45) is 3.04. The summed E-state index contributed by atoms with van der Waals surface area (Å²) in [7, 11) is 5.36. The molecule has 1 amide bonds. The average Bonchev–Trinajstić information content (AvgIpc) is 2.35. The summed E-state index contributed by atoms with van der Waals surface area (Å²) in [6.45, 7) is -0.303. The average molecular weight is 262 g/mol. The molecule has 19 heavy (non-hydrogen) atoms. The lowest BCUT2D eigenvalue weighted by Gasteiger charge is -2.12. The Morgan fingerprint density at radius 2 is 1.74 bits per heavy atom. The smallest absolute Gasteiger partial charge is 0.323 e. The molecule has 0 fully saturated rings. The van der Waals surface area contributed by atoms with Crippen molar-refractivity contribution >= 4 is 23.6 Å². The third-order valence-electron chi connectivity index (χ3n) is 2.58. The van der Waals surface area contributed by atoms with E-state index in [-0.39, 0.29) is 12.5 Å². The van der Waals surface area contributed by atoms with Crippen molar-refractivity contribution in [2.75, 3.05) is 32.6 Å². The maximum Gasteiger partial charge on any atom is 0.323 e. The van der Waals surface area contributed by atoms with Gasteiger partial charge in [0.2, 0.25) is 5.91 Å². The summed E-state index contributed by atoms with van der Waals surface area (Å²) in [5, 5.41) is 8.58. The molecule has 1 aromatic carbocycles. The predicted octanol–water partition coefficient (Wildman–Crippen LogP) is 1.31. The molecule has 102 valence electrons. The Labute approximate surface area is 112 Å². The molecule has 0 saturated heterocycles. The molecule has 0 unspecified atom stereocenters. The van der Waals surface area contributed by atoms with Crippen LogP contribution in [0.15, 0.2) is 30.3 Å². The minimum absolute atomic E-state index is 0.303. The van der Waals surface area contributed by atoms with Crippen LogP contribution in [0.1, 0.15) is 5.56 Å². The highest BCUT2D eigenvalue weighted by atomic mass is 16.4. The van der Waals surface area contributed by atoms with Crippen LogP contribution in [0.2, 0.25) is 0 Å². The van der Waals surface area contributed by atoms with Crippen molar-refractivity contribution in [2.45, 2.75) is 0 Å². The second kappa shape index (κ2) is 6.58. The topological polar surface area (TPSA) is 60.9 Å². The summed E-state index contributed by atoms with van der Waals surface area (Å²) in [5.74, 6) is -1.36. The maximum absolute atomic E-state index is 11.6. The predicted molar refractivity (Wildman–Crippen MR) is 75.1 cm³/mol. The van der Waals surface area contributed by atoms with Crippen LogP contribution < -0.4 is 4.90 Å². The van der Waals surface area contributed by atoms with Gasteiger partial charge in [-0.3, -0.25) is 9.59 Å². The highest BCUT2D eigenvalue weighted by Gasteiger charge is 2.08. The fourth-order valence-electron chi connectivity index (χ4n) is 1.46. The van der Waals surface area contributed by atoms with Gasteiger partial charge in [0, 0.05) is 32.9 Å². The van der Waals surface area contributed by atoms with E-state index in [1.54, 1.807) is 6.08 Å². The van der Waals surface area contributed by atoms with Gasteiger partial charge in [0.05, 0.1) is 0 Å². The fraction of sp³-hybridized carbons (Fsp3) is 0.286. The van der Waals surface area contributed by atoms with Crippen molar-refractivity contribution < 1.29 is 14.7 Å². The molecule has 0 aromatic heterocycles. The molecule has 0 aliphatic heterocycles. The Kier molecular flexibility index (Phi) is 5.11. The Morgan fingerprint density at radius 1 is 1.16 bits per heavy atom. The summed E-state index contributed by atoms with van der Waals surface area (Å²) in [5.41, 5.74) is 1.97. The number of hydrogen-bond donors (Lipinski definition) is 1. The first-order valence-corrected chi connectivity index (χ1v) is 5.82. The van der Waals surface area contributed by atoms with Gasteiger partial charge in [0.25, 0.3) is 0 Å². The van der Waals surface area contributed by atoms with Crippen LogP contribution >= 0.6 is 0 Å². The summed E-state index contributed by atoms with van der Waals surface area (Å²) in [4.78, 5) is 25.2. The first-order valence-electron chi connectivity index (χ1n) is 5.82. The molecule has 0 aliphatic carbocycles. The molecule has 0 saturated carbocycles. The number of rotatable bonds is 5. The van der Waals surface area contributed by atoms with Crippen molar-refractivity contribution in [1.29, 1.82) is 0 Å². The van der Waals surface area contributed by atoms with E-state index in [0.29, 0.717) is 0 Å². The fourth-order valence-corrected chi connectivity index (χ4v) is 1.46. The number of benzene rings is 1. The summed E-state index contributed by atoms with van der Waals surface area (Å²) < 4.78 is 0. The Balaban J connectivity index is 2.65. The number of carboxylic acid groups (broad SMARTS) is 1. The van der Waals surface area contributed by atoms with Gasteiger partial charge < -0.3 is 14.9 Å². The highest BCUT2D eigenvalue weighted by Crippen LogP contribution is 2.13. The Morgan fingerprint density at radius 3 is 2.21 bits per heavy atom. The zero-order valence-electron chi connectivity index (χ0n) is 11.3. The number of likely N-dealkylation sites (N-methyl/N-ethyl adjacent to an activating group) is 1. The molecule has 0 atom stereocenters. The van der Waals surface area contributed by atoms with Crippen LogP contribution in [-0.2, 0) is 9.59 Å². The number of carbonyl (C=O) groups excluding carboxylic acids is 1. The minimum Gasteiger partial charge on any atom is -0.480 e. The Bertz CT molecular complexity index is 478. The van der Waals surface area contributed by atoms with E-state index in [1.807, 2.05) is 43.3 Å². The van der Waals surface area contributed by atoms with Gasteiger partial charge in [-0.15, -0.1) is 0 Å². The van der Waals surface area contributed by atoms with Crippen molar-refractivity contribution in [1.82, 2.24) is 4.90 Å². The van der Waals surface area contributed by atoms with Crippen molar-refractivity contribution in [3.63, 3.8) is 0 Å². The first-order chi connectivity index (χ1) is 8.90. The van der Waals surface area contributed by atoms with Crippen LogP contribution in [0.5, 0.6) is 0 Å². The number of amides is 1. The van der Waals surface area contributed by atoms with Gasteiger partial charge in [-0.1, -0.05) is 12.1 Å². The second-order valence-corrected chi connectivity index (χ2v) is 4.41. The van der Waals surface area contributed by atoms with E-state index < -0.39 is 5.97 Å². The third-order valence-corrected chi connectivity index (χ3v) is 2.58. The lowest BCUT2D eigenvalue weighted by Crippen LogP contribution is -2.30. The van der Waals surface area contributed by atoms with Crippen molar-refractivity contribution in [3.05, 3.63) is 35.9 Å². The molecule has 1 N–H and O–H groups in total. The van der Waals surface area contributed by atoms with Gasteiger partial charge in [-0.05, 0) is 23.8 Å². The second-order valence-electron chi connectivity index (χ2n) is 4.41. The van der Waals surface area contributed by atoms with E-state index in [0.717, 1.165) is 16.2 Å². The SMILES string of the molecule is CN(CC(=O)O)C(=O)/C=C/c1ccc(N(C)C)cc1. The zero-order chi connectivity index (χ0) is 14.4. The number of anilines is 1. The summed E-state index contributed by atoms with van der Waals surface area (Å²) in [6, 6.07) is 7.70. The number of hydrogen-bond acceptors (Lipinski definition) is 3. The van der Waals surface area contributed by atoms with Crippen LogP contribution in [0.4, 0.5) is 5.69 Å². The molecule has 0 radical (unpaired) electrons. The van der Waals surface area contributed by atoms with Gasteiger partial charge in [-0.2, -0.15) is 0 Å². The normalized spacial score (nSPS) is 10.5. The molecule has 1 aromatic rings. The number of carbonyl (C=O) groups is 2. The van der Waals surface area contributed by atoms with E-state index in [1.165, 1.54) is 13.1 Å². The van der Waals surface area contributed by atoms with E-state index in [2.05, 4.69) is 0 Å². The van der Waals surface area contributed by atoms with E-state index in [4.69, 9.17) is 5.11 Å². The van der Waals surface area contributed by atoms with E-state index in [9.17, 15) is 9.59 Å². The molecule has 0 bridgehead atoms. The molecular formula is C14H18N2O3. The number of nitrogens with zero attached hydrogens (tertiary/aromatic N) is 2. The van der Waals surface area contributed by atoms with Crippen LogP contribution in [0.3, 0.4) is 0 Å². The molecule has 0 heterocycles. The molecule has 1 rings (SSSR count). The van der Waals surface area contributed by atoms with E-state index >= 15 is 0 Å². The zero-order valence-corrected chi connectivity index (χ0v) is 11.3. The monoisotopic (exact) mass is 262 g/mol. The maximum atomic E-state index is 11.6. The van der Waals surface area contributed by atoms with Crippen molar-refractivity contribution in [2.24, 2.45) is 0 Å². The van der Waals surface area contributed by atoms with Crippen LogP contribution in [0.25, 0.3) is 6.08 Å². The quantitative estimate of drug-likeness (QED) is 0.813. The van der Waals surface area contributed by atoms with Crippen molar-refractivity contribution in [3.8, 4) is 0 Å². The third kappa shape index (κ3) is 4.83. The van der Waals surface area contributed by atoms with Gasteiger partial charge >= 0.3 is 5.97 Å². The van der Waals surface area contributed by atoms with Gasteiger partial charge in [-0.25, -0.2) is 0 Å². The first kappa shape index (κ1) is 14.8. The molecular weight excluding hydrogens is 244 g/mol. The standard InChI is InChI=1S/C14H18N2O3/c1-15(2)12-7-4-11(5-8-12)6-9-13(17)16(3)10-14(18)19/h4-9H,10H2,1-3H3,(H,18,19)/b9-6+. The molecule has 5 nitrogen and oxygen atoms in total. The lowest BCUT2D eigenvalue weighted by atomic mass is 10.2. The molecule has 5 heteroatoms. The highest BCUT2D eigenvalue weighted by molar-refractivity contribution is 5.93. The van der Waals surface area contributed by atoms with Gasteiger partial charge in [0.15, 0.2) is 0 Å². The minimum atomic E-state index is -1.03. The summed E-state index contributed by atoms with van der Waals surface area (Å²) >= 11 is 0. The largest absolute Gasteiger partial charge is 0.480 e. The van der Waals surface area contributed by atoms with Crippen LogP contribution in [-0.4, -0.2) is 49.6 Å². The number of carboxylic acids is 1. The molecule has 0 aliphatic rings. The van der Waals surface area contributed by atoms with Gasteiger partial charge in [0.1, 0.15) is 6.54 Å².